The van der Waals surface area contributed by atoms with Gasteiger partial charge in [0.1, 0.15) is 4.90 Å². The van der Waals surface area contributed by atoms with Gasteiger partial charge in [0, 0.05) is 25.2 Å². The van der Waals surface area contributed by atoms with Crippen LogP contribution in [0.25, 0.3) is 0 Å². The molecule has 4 nitrogen and oxygen atoms in total. The molecule has 0 saturated carbocycles. The van der Waals surface area contributed by atoms with E-state index in [0.29, 0.717) is 13.1 Å². The topological polar surface area (TPSA) is 49.4 Å². The first-order chi connectivity index (χ1) is 8.41. The van der Waals surface area contributed by atoms with Gasteiger partial charge in [0.15, 0.2) is 0 Å². The monoisotopic (exact) mass is 288 g/mol. The molecule has 0 unspecified atom stereocenters. The van der Waals surface area contributed by atoms with Crippen molar-refractivity contribution in [2.45, 2.75) is 30.8 Å². The van der Waals surface area contributed by atoms with Gasteiger partial charge in [0.05, 0.1) is 5.02 Å². The van der Waals surface area contributed by atoms with Crippen LogP contribution in [0.3, 0.4) is 0 Å². The summed E-state index contributed by atoms with van der Waals surface area (Å²) in [6.45, 7) is 4.89. The molecule has 1 aliphatic rings. The quantitative estimate of drug-likeness (QED) is 0.901. The van der Waals surface area contributed by atoms with Crippen LogP contribution < -0.4 is 5.32 Å². The second-order valence-corrected chi connectivity index (χ2v) is 7.03. The molecule has 18 heavy (non-hydrogen) atoms. The van der Waals surface area contributed by atoms with Crippen molar-refractivity contribution in [2.75, 3.05) is 13.1 Å². The Hall–Kier alpha value is -0.620. The Morgan fingerprint density at radius 1 is 1.22 bits per heavy atom. The van der Waals surface area contributed by atoms with E-state index < -0.39 is 10.0 Å². The number of rotatable bonds is 2. The maximum absolute atomic E-state index is 12.5. The SMILES string of the molecule is C[C@@H]1CN(S(=O)(=O)c2ccccc2Cl)C[C@@H](C)N1. The lowest BCUT2D eigenvalue weighted by Crippen LogP contribution is -2.55. The zero-order valence-electron chi connectivity index (χ0n) is 10.4. The van der Waals surface area contributed by atoms with E-state index in [4.69, 9.17) is 11.6 Å². The van der Waals surface area contributed by atoms with Gasteiger partial charge in [0.25, 0.3) is 0 Å². The fourth-order valence-corrected chi connectivity index (χ4v) is 4.38. The highest BCUT2D eigenvalue weighted by atomic mass is 35.5. The minimum absolute atomic E-state index is 0.144. The molecule has 2 rings (SSSR count). The fraction of sp³-hybridized carbons (Fsp3) is 0.500. The van der Waals surface area contributed by atoms with E-state index in [0.717, 1.165) is 0 Å². The van der Waals surface area contributed by atoms with Crippen LogP contribution in [0, 0.1) is 0 Å². The molecule has 1 saturated heterocycles. The molecule has 0 aliphatic carbocycles. The molecule has 6 heteroatoms. The number of nitrogens with one attached hydrogen (secondary N) is 1. The molecule has 1 fully saturated rings. The van der Waals surface area contributed by atoms with Crippen LogP contribution in [0.5, 0.6) is 0 Å². The molecule has 1 aromatic rings. The van der Waals surface area contributed by atoms with Crippen LogP contribution in [0.2, 0.25) is 5.02 Å². The number of benzene rings is 1. The molecule has 0 radical (unpaired) electrons. The predicted molar refractivity (Wildman–Crippen MR) is 72.3 cm³/mol. The van der Waals surface area contributed by atoms with Crippen molar-refractivity contribution >= 4 is 21.6 Å². The summed E-state index contributed by atoms with van der Waals surface area (Å²) in [6.07, 6.45) is 0. The summed E-state index contributed by atoms with van der Waals surface area (Å²) in [7, 11) is -3.50. The van der Waals surface area contributed by atoms with Gasteiger partial charge in [0.2, 0.25) is 10.0 Å². The maximum Gasteiger partial charge on any atom is 0.244 e. The van der Waals surface area contributed by atoms with Gasteiger partial charge < -0.3 is 5.32 Å². The highest BCUT2D eigenvalue weighted by Crippen LogP contribution is 2.25. The molecule has 0 bridgehead atoms. The highest BCUT2D eigenvalue weighted by molar-refractivity contribution is 7.89. The lowest BCUT2D eigenvalue weighted by atomic mass is 10.2. The molecule has 1 aromatic carbocycles. The number of nitrogens with zero attached hydrogens (tertiary/aromatic N) is 1. The lowest BCUT2D eigenvalue weighted by Gasteiger charge is -2.35. The van der Waals surface area contributed by atoms with Gasteiger partial charge >= 0.3 is 0 Å². The van der Waals surface area contributed by atoms with Crippen molar-refractivity contribution in [1.82, 2.24) is 9.62 Å². The Balaban J connectivity index is 2.34. The van der Waals surface area contributed by atoms with Crippen LogP contribution >= 0.6 is 11.6 Å². The average Bonchev–Trinajstić information content (AvgIpc) is 2.28. The van der Waals surface area contributed by atoms with Gasteiger partial charge in [-0.15, -0.1) is 0 Å². The molecule has 0 amide bonds. The summed E-state index contributed by atoms with van der Waals surface area (Å²) in [4.78, 5) is 0.188. The third-order valence-corrected chi connectivity index (χ3v) is 5.31. The van der Waals surface area contributed by atoms with E-state index in [1.54, 1.807) is 24.3 Å². The molecule has 1 N–H and O–H groups in total. The normalized spacial score (nSPS) is 26.2. The first kappa shape index (κ1) is 13.8. The minimum atomic E-state index is -3.50. The van der Waals surface area contributed by atoms with E-state index in [1.165, 1.54) is 4.31 Å². The standard InChI is InChI=1S/C12H17ClN2O2S/c1-9-7-15(8-10(2)14-9)18(16,17)12-6-4-3-5-11(12)13/h3-6,9-10,14H,7-8H2,1-2H3/t9-,10-/m1/s1. The second kappa shape index (κ2) is 5.17. The summed E-state index contributed by atoms with van der Waals surface area (Å²) in [5.41, 5.74) is 0. The molecular formula is C12H17ClN2O2S. The Morgan fingerprint density at radius 2 is 1.78 bits per heavy atom. The van der Waals surface area contributed by atoms with E-state index >= 15 is 0 Å². The number of piperazine rings is 1. The summed E-state index contributed by atoms with van der Waals surface area (Å²) in [5, 5.41) is 3.58. The molecule has 0 spiro atoms. The van der Waals surface area contributed by atoms with Gasteiger partial charge in [-0.2, -0.15) is 4.31 Å². The van der Waals surface area contributed by atoms with Crippen molar-refractivity contribution < 1.29 is 8.42 Å². The van der Waals surface area contributed by atoms with E-state index in [-0.39, 0.29) is 22.0 Å². The Labute approximate surface area is 113 Å². The van der Waals surface area contributed by atoms with Crippen LogP contribution in [0.15, 0.2) is 29.2 Å². The van der Waals surface area contributed by atoms with Gasteiger partial charge in [-0.3, -0.25) is 0 Å². The highest BCUT2D eigenvalue weighted by Gasteiger charge is 2.32. The summed E-state index contributed by atoms with van der Waals surface area (Å²) >= 11 is 5.98. The van der Waals surface area contributed by atoms with Crippen LogP contribution in [0.1, 0.15) is 13.8 Å². The molecule has 100 valence electrons. The first-order valence-corrected chi connectivity index (χ1v) is 7.74. The smallest absolute Gasteiger partial charge is 0.244 e. The van der Waals surface area contributed by atoms with Gasteiger partial charge in [-0.25, -0.2) is 8.42 Å². The Kier molecular flexibility index (Phi) is 3.96. The molecule has 1 aliphatic heterocycles. The largest absolute Gasteiger partial charge is 0.309 e. The maximum atomic E-state index is 12.5. The van der Waals surface area contributed by atoms with Crippen LogP contribution in [-0.4, -0.2) is 37.9 Å². The zero-order valence-corrected chi connectivity index (χ0v) is 12.0. The number of sulfonamides is 1. The van der Waals surface area contributed by atoms with Crippen molar-refractivity contribution in [1.29, 1.82) is 0 Å². The number of hydrogen-bond acceptors (Lipinski definition) is 3. The van der Waals surface area contributed by atoms with E-state index in [9.17, 15) is 8.42 Å². The zero-order chi connectivity index (χ0) is 13.3. The minimum Gasteiger partial charge on any atom is -0.309 e. The molecule has 2 atom stereocenters. The van der Waals surface area contributed by atoms with Gasteiger partial charge in [-0.1, -0.05) is 23.7 Å². The van der Waals surface area contributed by atoms with Crippen molar-refractivity contribution in [2.24, 2.45) is 0 Å². The third-order valence-electron chi connectivity index (χ3n) is 2.98. The molecule has 1 heterocycles. The predicted octanol–water partition coefficient (Wildman–Crippen LogP) is 1.71. The second-order valence-electron chi connectivity index (χ2n) is 4.72. The van der Waals surface area contributed by atoms with Crippen LogP contribution in [-0.2, 0) is 10.0 Å². The third kappa shape index (κ3) is 2.69. The Bertz CT molecular complexity index is 523. The van der Waals surface area contributed by atoms with Crippen LogP contribution in [0.4, 0.5) is 0 Å². The Morgan fingerprint density at radius 3 is 2.33 bits per heavy atom. The van der Waals surface area contributed by atoms with Gasteiger partial charge in [-0.05, 0) is 26.0 Å². The fourth-order valence-electron chi connectivity index (χ4n) is 2.27. The number of halogens is 1. The summed E-state index contributed by atoms with van der Waals surface area (Å²) < 4.78 is 26.5. The number of hydrogen-bond donors (Lipinski definition) is 1. The first-order valence-electron chi connectivity index (χ1n) is 5.92. The van der Waals surface area contributed by atoms with Crippen molar-refractivity contribution in [3.05, 3.63) is 29.3 Å². The van der Waals surface area contributed by atoms with E-state index in [1.807, 2.05) is 13.8 Å². The van der Waals surface area contributed by atoms with E-state index in [2.05, 4.69) is 5.32 Å². The summed E-state index contributed by atoms with van der Waals surface area (Å²) in [5.74, 6) is 0. The van der Waals surface area contributed by atoms with Crippen molar-refractivity contribution in [3.8, 4) is 0 Å². The molecular weight excluding hydrogens is 272 g/mol. The average molecular weight is 289 g/mol. The summed E-state index contributed by atoms with van der Waals surface area (Å²) in [6, 6.07) is 6.86. The van der Waals surface area contributed by atoms with Crippen molar-refractivity contribution in [3.63, 3.8) is 0 Å². The molecule has 0 aromatic heterocycles. The lowest BCUT2D eigenvalue weighted by molar-refractivity contribution is 0.263.